The minimum atomic E-state index is -1.19. The fourth-order valence-corrected chi connectivity index (χ4v) is 2.58. The highest BCUT2D eigenvalue weighted by Crippen LogP contribution is 2.29. The normalized spacial score (nSPS) is 20.0. The summed E-state index contributed by atoms with van der Waals surface area (Å²) in [7, 11) is 0. The highest BCUT2D eigenvalue weighted by atomic mass is 35.5. The number of ether oxygens (including phenoxy) is 1. The molecule has 0 amide bonds. The largest absolute Gasteiger partial charge is 0.447 e. The summed E-state index contributed by atoms with van der Waals surface area (Å²) >= 11 is 6.02. The Kier molecular flexibility index (Phi) is 3.23. The van der Waals surface area contributed by atoms with Gasteiger partial charge in [0.15, 0.2) is 17.6 Å². The molecule has 2 aromatic rings. The van der Waals surface area contributed by atoms with E-state index in [9.17, 15) is 9.59 Å². The SMILES string of the molecule is CC1(C=O)Cc2ncn(-c3ccc(C#N)c(Cl)c3)c2C(=O)O1. The van der Waals surface area contributed by atoms with Crippen LogP contribution in [-0.4, -0.2) is 27.4 Å². The highest BCUT2D eigenvalue weighted by Gasteiger charge is 2.39. The molecule has 7 heteroatoms. The van der Waals surface area contributed by atoms with E-state index in [2.05, 4.69) is 4.98 Å². The molecule has 1 atom stereocenters. The quantitative estimate of drug-likeness (QED) is 0.625. The number of halogens is 1. The van der Waals surface area contributed by atoms with Crippen LogP contribution in [0.4, 0.5) is 0 Å². The molecule has 110 valence electrons. The minimum Gasteiger partial charge on any atom is -0.447 e. The monoisotopic (exact) mass is 315 g/mol. The van der Waals surface area contributed by atoms with E-state index in [-0.39, 0.29) is 17.1 Å². The molecule has 3 rings (SSSR count). The molecule has 1 aromatic carbocycles. The van der Waals surface area contributed by atoms with Crippen LogP contribution in [-0.2, 0) is 16.0 Å². The van der Waals surface area contributed by atoms with E-state index in [1.165, 1.54) is 10.9 Å². The molecule has 0 aliphatic carbocycles. The molecule has 6 nitrogen and oxygen atoms in total. The molecule has 0 N–H and O–H groups in total. The predicted molar refractivity (Wildman–Crippen MR) is 76.9 cm³/mol. The molecular weight excluding hydrogens is 306 g/mol. The Balaban J connectivity index is 2.10. The van der Waals surface area contributed by atoms with Crippen LogP contribution < -0.4 is 0 Å². The van der Waals surface area contributed by atoms with Crippen molar-refractivity contribution in [2.75, 3.05) is 0 Å². The lowest BCUT2D eigenvalue weighted by atomic mass is 9.98. The minimum absolute atomic E-state index is 0.217. The number of aldehydes is 1. The summed E-state index contributed by atoms with van der Waals surface area (Å²) < 4.78 is 6.73. The third-order valence-corrected chi connectivity index (χ3v) is 3.79. The van der Waals surface area contributed by atoms with Gasteiger partial charge in [0.25, 0.3) is 0 Å². The van der Waals surface area contributed by atoms with Gasteiger partial charge in [-0.15, -0.1) is 0 Å². The summed E-state index contributed by atoms with van der Waals surface area (Å²) in [6, 6.07) is 6.77. The van der Waals surface area contributed by atoms with E-state index < -0.39 is 11.6 Å². The second-order valence-electron chi connectivity index (χ2n) is 5.18. The van der Waals surface area contributed by atoms with E-state index in [0.717, 1.165) is 0 Å². The Bertz CT molecular complexity index is 837. The van der Waals surface area contributed by atoms with Gasteiger partial charge < -0.3 is 4.74 Å². The maximum atomic E-state index is 12.2. The fraction of sp³-hybridized carbons (Fsp3) is 0.200. The van der Waals surface area contributed by atoms with Crippen molar-refractivity contribution in [1.82, 2.24) is 9.55 Å². The second-order valence-corrected chi connectivity index (χ2v) is 5.59. The van der Waals surface area contributed by atoms with Gasteiger partial charge in [-0.25, -0.2) is 9.78 Å². The summed E-state index contributed by atoms with van der Waals surface area (Å²) in [6.45, 7) is 1.54. The molecule has 0 saturated heterocycles. The number of aromatic nitrogens is 2. The first kappa shape index (κ1) is 14.3. The van der Waals surface area contributed by atoms with Crippen molar-refractivity contribution < 1.29 is 14.3 Å². The van der Waals surface area contributed by atoms with Gasteiger partial charge in [0, 0.05) is 12.1 Å². The van der Waals surface area contributed by atoms with Crippen molar-refractivity contribution in [2.45, 2.75) is 18.9 Å². The van der Waals surface area contributed by atoms with Gasteiger partial charge in [-0.2, -0.15) is 5.26 Å². The maximum Gasteiger partial charge on any atom is 0.358 e. The number of nitrogens with zero attached hydrogens (tertiary/aromatic N) is 3. The molecule has 0 fully saturated rings. The first-order chi connectivity index (χ1) is 10.5. The Morgan fingerprint density at radius 2 is 2.32 bits per heavy atom. The molecule has 1 aliphatic rings. The first-order valence-electron chi connectivity index (χ1n) is 6.43. The third kappa shape index (κ3) is 2.16. The number of benzene rings is 1. The Morgan fingerprint density at radius 1 is 1.55 bits per heavy atom. The number of esters is 1. The van der Waals surface area contributed by atoms with E-state index in [1.807, 2.05) is 6.07 Å². The van der Waals surface area contributed by atoms with Crippen LogP contribution >= 0.6 is 11.6 Å². The molecule has 0 saturated carbocycles. The van der Waals surface area contributed by atoms with Crippen molar-refractivity contribution in [2.24, 2.45) is 0 Å². The lowest BCUT2D eigenvalue weighted by Gasteiger charge is -2.27. The van der Waals surface area contributed by atoms with Crippen LogP contribution in [0.5, 0.6) is 0 Å². The number of hydrogen-bond acceptors (Lipinski definition) is 5. The molecule has 0 spiro atoms. The average Bonchev–Trinajstić information content (AvgIpc) is 2.91. The molecular formula is C15H10ClN3O3. The van der Waals surface area contributed by atoms with Gasteiger partial charge in [0.05, 0.1) is 16.3 Å². The zero-order chi connectivity index (χ0) is 15.9. The summed E-state index contributed by atoms with van der Waals surface area (Å²) in [5.74, 6) is -0.617. The lowest BCUT2D eigenvalue weighted by molar-refractivity contribution is -0.124. The van der Waals surface area contributed by atoms with Crippen molar-refractivity contribution in [3.8, 4) is 11.8 Å². The zero-order valence-corrected chi connectivity index (χ0v) is 12.3. The molecule has 1 unspecified atom stereocenters. The maximum absolute atomic E-state index is 12.2. The van der Waals surface area contributed by atoms with Gasteiger partial charge in [0.1, 0.15) is 12.4 Å². The average molecular weight is 316 g/mol. The number of nitriles is 1. The van der Waals surface area contributed by atoms with E-state index in [1.54, 1.807) is 25.1 Å². The van der Waals surface area contributed by atoms with Crippen LogP contribution in [0.2, 0.25) is 5.02 Å². The van der Waals surface area contributed by atoms with Crippen molar-refractivity contribution in [3.63, 3.8) is 0 Å². The zero-order valence-electron chi connectivity index (χ0n) is 11.5. The number of rotatable bonds is 2. The highest BCUT2D eigenvalue weighted by molar-refractivity contribution is 6.31. The second kappa shape index (κ2) is 4.97. The van der Waals surface area contributed by atoms with Crippen molar-refractivity contribution >= 4 is 23.9 Å². The number of cyclic esters (lactones) is 1. The Morgan fingerprint density at radius 3 is 2.95 bits per heavy atom. The predicted octanol–water partition coefficient (Wildman–Crippen LogP) is 2.07. The summed E-state index contributed by atoms with van der Waals surface area (Å²) in [5.41, 5.74) is 0.498. The fourth-order valence-electron chi connectivity index (χ4n) is 2.37. The van der Waals surface area contributed by atoms with Gasteiger partial charge in [-0.05, 0) is 25.1 Å². The van der Waals surface area contributed by atoms with Gasteiger partial charge in [0.2, 0.25) is 0 Å². The van der Waals surface area contributed by atoms with Crippen molar-refractivity contribution in [3.05, 3.63) is 46.5 Å². The van der Waals surface area contributed by atoms with Crippen LogP contribution in [0.1, 0.15) is 28.7 Å². The summed E-state index contributed by atoms with van der Waals surface area (Å²) in [5, 5.41) is 9.18. The lowest BCUT2D eigenvalue weighted by Crippen LogP contribution is -2.41. The van der Waals surface area contributed by atoms with Gasteiger partial charge >= 0.3 is 5.97 Å². The molecule has 0 bridgehead atoms. The Labute approximate surface area is 130 Å². The van der Waals surface area contributed by atoms with Crippen LogP contribution in [0, 0.1) is 11.3 Å². The van der Waals surface area contributed by atoms with Crippen LogP contribution in [0.15, 0.2) is 24.5 Å². The van der Waals surface area contributed by atoms with Gasteiger partial charge in [-0.3, -0.25) is 9.36 Å². The number of imidazole rings is 1. The number of fused-ring (bicyclic) bond motifs is 1. The van der Waals surface area contributed by atoms with E-state index >= 15 is 0 Å². The van der Waals surface area contributed by atoms with Crippen LogP contribution in [0.3, 0.4) is 0 Å². The number of carbonyl (C=O) groups is 2. The molecule has 1 aliphatic heterocycles. The number of hydrogen-bond donors (Lipinski definition) is 0. The summed E-state index contributed by atoms with van der Waals surface area (Å²) in [6.07, 6.45) is 2.29. The summed E-state index contributed by atoms with van der Waals surface area (Å²) in [4.78, 5) is 27.5. The molecule has 0 radical (unpaired) electrons. The topological polar surface area (TPSA) is 85.0 Å². The van der Waals surface area contributed by atoms with Crippen molar-refractivity contribution in [1.29, 1.82) is 5.26 Å². The van der Waals surface area contributed by atoms with Crippen LogP contribution in [0.25, 0.3) is 5.69 Å². The standard InChI is InChI=1S/C15H10ClN3O3/c1-15(7-20)5-12-13(14(21)22-15)19(8-18-12)10-3-2-9(6-17)11(16)4-10/h2-4,7-8H,5H2,1H3. The Hall–Kier alpha value is -2.65. The molecule has 22 heavy (non-hydrogen) atoms. The first-order valence-corrected chi connectivity index (χ1v) is 6.81. The molecule has 2 heterocycles. The molecule has 1 aromatic heterocycles. The van der Waals surface area contributed by atoms with E-state index in [4.69, 9.17) is 21.6 Å². The van der Waals surface area contributed by atoms with Gasteiger partial charge in [-0.1, -0.05) is 11.6 Å². The third-order valence-electron chi connectivity index (χ3n) is 3.48. The smallest absolute Gasteiger partial charge is 0.358 e. The number of carbonyl (C=O) groups excluding carboxylic acids is 2. The van der Waals surface area contributed by atoms with E-state index in [0.29, 0.717) is 23.2 Å².